The van der Waals surface area contributed by atoms with Gasteiger partial charge in [0.15, 0.2) is 0 Å². The smallest absolute Gasteiger partial charge is 0.111 e. The van der Waals surface area contributed by atoms with E-state index in [4.69, 9.17) is 53.1 Å². The SMILES string of the molecule is N[C@H](Cc1ccccc1)Cn1cc(COCCCCC2OC(CO)C(O)C(O)C2O)nn1.OCC1OC(CCCCOCc2cn(CC3CCCN3)nn2)C(O)C(O)C1O.OCC1OC(CCCCOCc2cn(Cc3ccc[nH]3)nn2)C(O)C(O)C1O.OCC1OC(CCCCOCc2cn(Cc3ccccn3)nn2)C(O)C(O)C1O.OCC1OC(CCCCOCc2cn(Cc3cnc[nH]3)nn2)C(O)C(O)C1O. The van der Waals surface area contributed by atoms with Crippen LogP contribution in [0.1, 0.15) is 160 Å². The Morgan fingerprint density at radius 1 is 0.352 bits per heavy atom. The summed E-state index contributed by atoms with van der Waals surface area (Å²) in [5.74, 6) is 0. The molecular formula is C94H149N21O30. The average molecular weight is 2050 g/mol. The minimum atomic E-state index is -1.33. The van der Waals surface area contributed by atoms with Crippen molar-refractivity contribution in [2.75, 3.05) is 72.6 Å². The molecule has 9 aromatic rings. The summed E-state index contributed by atoms with van der Waals surface area (Å²) in [6, 6.07) is 20.1. The van der Waals surface area contributed by atoms with E-state index in [-0.39, 0.29) is 6.04 Å². The van der Waals surface area contributed by atoms with Crippen LogP contribution in [0.3, 0.4) is 0 Å². The van der Waals surface area contributed by atoms with Crippen LogP contribution in [-0.4, -0.2) is 434 Å². The van der Waals surface area contributed by atoms with E-state index in [0.29, 0.717) is 156 Å². The van der Waals surface area contributed by atoms with E-state index in [0.717, 1.165) is 104 Å². The molecule has 6 fully saturated rings. The third kappa shape index (κ3) is 37.8. The highest BCUT2D eigenvalue weighted by Crippen LogP contribution is 2.31. The second kappa shape index (κ2) is 62.7. The maximum Gasteiger partial charge on any atom is 0.111 e. The molecule has 51 heteroatoms. The van der Waals surface area contributed by atoms with Crippen molar-refractivity contribution in [3.05, 3.63) is 168 Å². The molecule has 0 spiro atoms. The summed E-state index contributed by atoms with van der Waals surface area (Å²) in [4.78, 5) is 14.3. The zero-order valence-corrected chi connectivity index (χ0v) is 81.3. The van der Waals surface area contributed by atoms with Gasteiger partial charge in [-0.15, -0.1) is 25.5 Å². The molecule has 6 aliphatic rings. The summed E-state index contributed by atoms with van der Waals surface area (Å²) < 4.78 is 64.2. The Morgan fingerprint density at radius 2 is 0.690 bits per heavy atom. The number of nitrogens with two attached hydrogens (primary N) is 1. The molecule has 26 unspecified atom stereocenters. The van der Waals surface area contributed by atoms with Crippen LogP contribution in [0.4, 0.5) is 0 Å². The highest BCUT2D eigenvalue weighted by molar-refractivity contribution is 5.16. The zero-order valence-electron chi connectivity index (χ0n) is 81.3. The van der Waals surface area contributed by atoms with Gasteiger partial charge < -0.3 is 171 Å². The zero-order chi connectivity index (χ0) is 103. The predicted molar refractivity (Wildman–Crippen MR) is 507 cm³/mol. The van der Waals surface area contributed by atoms with E-state index in [1.807, 2.05) is 90.4 Å². The van der Waals surface area contributed by atoms with E-state index >= 15 is 0 Å². The van der Waals surface area contributed by atoms with Crippen LogP contribution in [0, 0.1) is 0 Å². The first-order valence-electron chi connectivity index (χ1n) is 49.7. The van der Waals surface area contributed by atoms with Gasteiger partial charge in [0.05, 0.1) is 178 Å². The number of nitrogens with zero attached hydrogens (tertiary/aromatic N) is 17. The number of rotatable bonds is 52. The minimum absolute atomic E-state index is 0.0599. The Morgan fingerprint density at radius 3 is 1.02 bits per heavy atom. The molecule has 6 saturated heterocycles. The molecule has 15 rings (SSSR count). The number of hydrogen-bond donors (Lipinski definition) is 24. The Balaban J connectivity index is 0.000000173. The number of aromatic nitrogens is 19. The van der Waals surface area contributed by atoms with Gasteiger partial charge in [0, 0.05) is 69.4 Å². The number of nitrogens with one attached hydrogen (secondary N) is 3. The minimum Gasteiger partial charge on any atom is -0.394 e. The fraction of sp³-hybridized carbons (Fsp3) is 0.702. The molecule has 6 aliphatic heterocycles. The summed E-state index contributed by atoms with van der Waals surface area (Å²) in [5.41, 5.74) is 14.0. The third-order valence-electron chi connectivity index (χ3n) is 25.5. The maximum absolute atomic E-state index is 10.0. The molecule has 0 aliphatic carbocycles. The lowest BCUT2D eigenvalue weighted by Gasteiger charge is -2.40. The molecule has 14 heterocycles. The van der Waals surface area contributed by atoms with Gasteiger partial charge in [0.25, 0.3) is 0 Å². The highest BCUT2D eigenvalue weighted by atomic mass is 16.6. The third-order valence-corrected chi connectivity index (χ3v) is 25.5. The number of aliphatic hydroxyl groups excluding tert-OH is 20. The van der Waals surface area contributed by atoms with Crippen LogP contribution in [0.15, 0.2) is 117 Å². The predicted octanol–water partition coefficient (Wildman–Crippen LogP) is -5.05. The Kier molecular flexibility index (Phi) is 50.4. The molecule has 0 amide bonds. The summed E-state index contributed by atoms with van der Waals surface area (Å²) in [6.45, 7) is 6.52. The number of ether oxygens (including phenoxy) is 10. The molecule has 1 aromatic carbocycles. The van der Waals surface area contributed by atoms with Crippen molar-refractivity contribution in [1.29, 1.82) is 0 Å². The number of H-pyrrole nitrogens is 2. The van der Waals surface area contributed by atoms with Crippen molar-refractivity contribution < 1.29 is 149 Å². The largest absolute Gasteiger partial charge is 0.394 e. The molecule has 0 bridgehead atoms. The molecular weight excluding hydrogens is 1900 g/mol. The van der Waals surface area contributed by atoms with Gasteiger partial charge in [-0.3, -0.25) is 14.3 Å². The topological polar surface area (TPSA) is 746 Å². The van der Waals surface area contributed by atoms with Crippen LogP contribution >= 0.6 is 0 Å². The summed E-state index contributed by atoms with van der Waals surface area (Å²) >= 11 is 0. The lowest BCUT2D eigenvalue weighted by Crippen LogP contribution is -2.58. The molecule has 51 nitrogen and oxygen atoms in total. The summed E-state index contributed by atoms with van der Waals surface area (Å²) in [5, 5.41) is 238. The maximum atomic E-state index is 10.0. The van der Waals surface area contributed by atoms with Gasteiger partial charge in [-0.25, -0.2) is 19.0 Å². The number of imidazole rings is 1. The molecule has 810 valence electrons. The van der Waals surface area contributed by atoms with Crippen molar-refractivity contribution >= 4 is 0 Å². The van der Waals surface area contributed by atoms with Crippen molar-refractivity contribution in [3.63, 3.8) is 0 Å². The lowest BCUT2D eigenvalue weighted by molar-refractivity contribution is -0.230. The van der Waals surface area contributed by atoms with E-state index < -0.39 is 186 Å². The second-order valence-corrected chi connectivity index (χ2v) is 37.0. The Bertz CT molecular complexity index is 4740. The number of benzene rings is 1. The summed E-state index contributed by atoms with van der Waals surface area (Å²) in [6.07, 6.45) is 2.55. The fourth-order valence-electron chi connectivity index (χ4n) is 17.4. The van der Waals surface area contributed by atoms with Crippen molar-refractivity contribution in [1.82, 2.24) is 100 Å². The Hall–Kier alpha value is -8.72. The average Bonchev–Trinajstić information content (AvgIpc) is 1.81. The number of unbranched alkanes of at least 4 members (excludes halogenated alkanes) is 5. The van der Waals surface area contributed by atoms with Crippen LogP contribution < -0.4 is 11.1 Å². The van der Waals surface area contributed by atoms with Gasteiger partial charge in [0.1, 0.15) is 151 Å². The number of pyridine rings is 1. The van der Waals surface area contributed by atoms with Gasteiger partial charge >= 0.3 is 0 Å². The van der Waals surface area contributed by atoms with Gasteiger partial charge in [-0.1, -0.05) is 62.5 Å². The van der Waals surface area contributed by atoms with Gasteiger partial charge in [-0.2, -0.15) is 0 Å². The van der Waals surface area contributed by atoms with Crippen LogP contribution in [0.2, 0.25) is 0 Å². The normalized spacial score (nSPS) is 28.6. The van der Waals surface area contributed by atoms with Crippen LogP contribution in [-0.2, 0) is 120 Å². The lowest BCUT2D eigenvalue weighted by atomic mass is 9.92. The quantitative estimate of drug-likeness (QED) is 0.0159. The highest BCUT2D eigenvalue weighted by Gasteiger charge is 2.48. The molecule has 0 radical (unpaired) electrons. The van der Waals surface area contributed by atoms with Gasteiger partial charge in [0.2, 0.25) is 0 Å². The summed E-state index contributed by atoms with van der Waals surface area (Å²) in [7, 11) is 0. The number of aliphatic hydroxyl groups is 20. The molecule has 8 aromatic heterocycles. The van der Waals surface area contributed by atoms with E-state index in [1.54, 1.807) is 37.4 Å². The van der Waals surface area contributed by atoms with E-state index in [9.17, 15) is 102 Å². The first-order chi connectivity index (χ1) is 70.3. The van der Waals surface area contributed by atoms with E-state index in [2.05, 4.69) is 88.9 Å². The van der Waals surface area contributed by atoms with Gasteiger partial charge in [-0.05, 0) is 152 Å². The van der Waals surface area contributed by atoms with Crippen LogP contribution in [0.25, 0.3) is 0 Å². The Labute approximate surface area is 838 Å². The van der Waals surface area contributed by atoms with Crippen LogP contribution in [0.5, 0.6) is 0 Å². The van der Waals surface area contributed by atoms with Crippen molar-refractivity contribution in [3.8, 4) is 0 Å². The molecule has 27 atom stereocenters. The first kappa shape index (κ1) is 117. The molecule has 0 saturated carbocycles. The second-order valence-electron chi connectivity index (χ2n) is 37.0. The number of hydrogen-bond acceptors (Lipinski definition) is 44. The first-order valence-corrected chi connectivity index (χ1v) is 49.7. The molecule has 25 N–H and O–H groups in total. The van der Waals surface area contributed by atoms with Crippen molar-refractivity contribution in [2.45, 2.75) is 346 Å². The fourth-order valence-corrected chi connectivity index (χ4v) is 17.4. The monoisotopic (exact) mass is 2050 g/mol. The van der Waals surface area contributed by atoms with E-state index in [1.165, 1.54) is 18.4 Å². The van der Waals surface area contributed by atoms with Crippen molar-refractivity contribution in [2.24, 2.45) is 5.73 Å². The standard InChI is InChI=1S/C22H34N4O6.C19H28N4O6.C18H32N4O6.C18H28N4O6.C17H27N5O6/c23-16(10-15-6-2-1-3-7-15)11-26-12-17(24-25-26)14-31-9-5-4-8-18-20(28)22(30)21(29)19(13-27)32-18;24-11-16-18(26)19(27)17(25)15(29-16)6-2-4-8-28-12-14-10-23(22-21-14)9-13-5-1-3-7-20-13;2*23-10-15-17(25)18(26)16(24)14(28-15)5-1-2-7-27-11-13-9-22(21-20-13)8-12-4-3-6-19-12;23-8-14-16(25)17(26)15(24)13(28-14)3-1-2-4-27-9-12-7-22(21-20-12)6-11-5-18-10-19-11/h1-3,6-7,12,16,18-22,27-30H,4-5,8-11,13-14,23H2;1,3,5,7,10,15-19,24-27H,2,4,6,8-9,11-12H2;9,12,14-19,23-26H,1-8,10-11H2;3-4,6,9,14-19,23-26H,1-2,5,7-8,10-11H2;5,7,10,13-17,23-26H,1-4,6,8-9H2,(H,18,19)/t16-,18?,19?,20?,21?,22?;;;;/m1..../s1. The molecule has 145 heavy (non-hydrogen) atoms. The number of aromatic amines is 2.